The molecule has 7 nitrogen and oxygen atoms in total. The number of benzene rings is 2. The minimum absolute atomic E-state index is 0.173. The van der Waals surface area contributed by atoms with Crippen molar-refractivity contribution in [2.24, 2.45) is 0 Å². The van der Waals surface area contributed by atoms with Crippen LogP contribution in [-0.2, 0) is 10.2 Å². The maximum absolute atomic E-state index is 12.3. The van der Waals surface area contributed by atoms with Gasteiger partial charge in [0.2, 0.25) is 0 Å². The van der Waals surface area contributed by atoms with Crippen molar-refractivity contribution < 1.29 is 17.9 Å². The molecule has 0 radical (unpaired) electrons. The number of H-pyrrole nitrogens is 1. The molecule has 0 unspecified atom stereocenters. The van der Waals surface area contributed by atoms with E-state index in [1.807, 2.05) is 48.7 Å². The second-order valence-electron chi connectivity index (χ2n) is 6.56. The fourth-order valence-electron chi connectivity index (χ4n) is 3.27. The number of hydrogen-bond acceptors (Lipinski definition) is 4. The third-order valence-electron chi connectivity index (χ3n) is 4.76. The Hall–Kier alpha value is -2.55. The van der Waals surface area contributed by atoms with E-state index in [2.05, 4.69) is 9.71 Å². The first-order valence-electron chi connectivity index (χ1n) is 8.83. The zero-order chi connectivity index (χ0) is 20.3. The Kier molecular flexibility index (Phi) is 5.93. The van der Waals surface area contributed by atoms with Crippen molar-refractivity contribution >= 4 is 21.1 Å². The number of para-hydroxylation sites is 2. The molecular formula is C20H25N3O4S. The second kappa shape index (κ2) is 8.22. The largest absolute Gasteiger partial charge is 0.493 e. The summed E-state index contributed by atoms with van der Waals surface area (Å²) >= 11 is 0. The minimum atomic E-state index is -3.58. The van der Waals surface area contributed by atoms with Crippen LogP contribution in [0.2, 0.25) is 0 Å². The molecule has 28 heavy (non-hydrogen) atoms. The highest BCUT2D eigenvalue weighted by Crippen LogP contribution is 2.40. The van der Waals surface area contributed by atoms with Crippen LogP contribution in [0.1, 0.15) is 17.0 Å². The average molecular weight is 404 g/mol. The molecule has 8 heteroatoms. The van der Waals surface area contributed by atoms with E-state index in [0.29, 0.717) is 11.5 Å². The zero-order valence-electron chi connectivity index (χ0n) is 16.4. The molecule has 0 bridgehead atoms. The smallest absolute Gasteiger partial charge is 0.278 e. The molecule has 0 aliphatic carbocycles. The molecule has 0 saturated heterocycles. The van der Waals surface area contributed by atoms with Crippen molar-refractivity contribution in [1.29, 1.82) is 0 Å². The summed E-state index contributed by atoms with van der Waals surface area (Å²) in [6, 6.07) is 13.5. The van der Waals surface area contributed by atoms with Gasteiger partial charge < -0.3 is 14.5 Å². The summed E-state index contributed by atoms with van der Waals surface area (Å²) in [5.41, 5.74) is 2.80. The van der Waals surface area contributed by atoms with Crippen molar-refractivity contribution in [1.82, 2.24) is 14.0 Å². The van der Waals surface area contributed by atoms with E-state index in [-0.39, 0.29) is 12.5 Å². The molecule has 1 heterocycles. The van der Waals surface area contributed by atoms with Crippen LogP contribution in [0.15, 0.2) is 48.7 Å². The number of ether oxygens (including phenoxy) is 2. The molecule has 0 aliphatic heterocycles. The van der Waals surface area contributed by atoms with Gasteiger partial charge in [-0.05, 0) is 17.7 Å². The van der Waals surface area contributed by atoms with Crippen molar-refractivity contribution in [3.63, 3.8) is 0 Å². The molecule has 0 spiro atoms. The lowest BCUT2D eigenvalue weighted by Gasteiger charge is -2.22. The number of methoxy groups -OCH3 is 2. The molecule has 0 amide bonds. The Bertz CT molecular complexity index is 1060. The van der Waals surface area contributed by atoms with Gasteiger partial charge in [-0.2, -0.15) is 12.7 Å². The van der Waals surface area contributed by atoms with Gasteiger partial charge in [-0.15, -0.1) is 0 Å². The van der Waals surface area contributed by atoms with Crippen LogP contribution >= 0.6 is 0 Å². The number of nitrogens with zero attached hydrogens (tertiary/aromatic N) is 1. The molecule has 2 N–H and O–H groups in total. The monoisotopic (exact) mass is 403 g/mol. The maximum atomic E-state index is 12.3. The summed E-state index contributed by atoms with van der Waals surface area (Å²) in [5, 5.41) is 1.03. The second-order valence-corrected chi connectivity index (χ2v) is 8.53. The summed E-state index contributed by atoms with van der Waals surface area (Å²) in [6.45, 7) is 0.173. The highest BCUT2D eigenvalue weighted by molar-refractivity contribution is 7.87. The van der Waals surface area contributed by atoms with Gasteiger partial charge >= 0.3 is 0 Å². The van der Waals surface area contributed by atoms with Gasteiger partial charge in [-0.25, -0.2) is 4.72 Å². The minimum Gasteiger partial charge on any atom is -0.493 e. The van der Waals surface area contributed by atoms with Crippen molar-refractivity contribution in [3.8, 4) is 11.5 Å². The lowest BCUT2D eigenvalue weighted by atomic mass is 9.90. The Labute approximate surface area is 165 Å². The number of rotatable bonds is 8. The number of fused-ring (bicyclic) bond motifs is 1. The molecule has 150 valence electrons. The summed E-state index contributed by atoms with van der Waals surface area (Å²) in [7, 11) is 2.57. The summed E-state index contributed by atoms with van der Waals surface area (Å²) in [5.74, 6) is 0.903. The van der Waals surface area contributed by atoms with Crippen LogP contribution in [0, 0.1) is 0 Å². The lowest BCUT2D eigenvalue weighted by Crippen LogP contribution is -2.38. The molecule has 2 aromatic carbocycles. The fraction of sp³-hybridized carbons (Fsp3) is 0.300. The van der Waals surface area contributed by atoms with E-state index in [1.54, 1.807) is 14.2 Å². The summed E-state index contributed by atoms with van der Waals surface area (Å²) in [4.78, 5) is 3.26. The van der Waals surface area contributed by atoms with Gasteiger partial charge in [-0.3, -0.25) is 0 Å². The van der Waals surface area contributed by atoms with Crippen molar-refractivity contribution in [2.75, 3.05) is 34.9 Å². The van der Waals surface area contributed by atoms with Gasteiger partial charge in [0.1, 0.15) is 0 Å². The van der Waals surface area contributed by atoms with E-state index in [9.17, 15) is 8.42 Å². The van der Waals surface area contributed by atoms with Gasteiger partial charge in [-0.1, -0.05) is 30.3 Å². The van der Waals surface area contributed by atoms with Gasteiger partial charge in [0.25, 0.3) is 10.2 Å². The van der Waals surface area contributed by atoms with E-state index < -0.39 is 10.2 Å². The fourth-order valence-corrected chi connectivity index (χ4v) is 3.91. The molecule has 0 saturated carbocycles. The Morgan fingerprint density at radius 2 is 1.79 bits per heavy atom. The van der Waals surface area contributed by atoms with Crippen LogP contribution in [0.4, 0.5) is 0 Å². The van der Waals surface area contributed by atoms with E-state index in [4.69, 9.17) is 9.47 Å². The van der Waals surface area contributed by atoms with Crippen LogP contribution in [0.25, 0.3) is 10.9 Å². The zero-order valence-corrected chi connectivity index (χ0v) is 17.2. The Morgan fingerprint density at radius 1 is 1.04 bits per heavy atom. The topological polar surface area (TPSA) is 83.7 Å². The highest BCUT2D eigenvalue weighted by atomic mass is 32.2. The van der Waals surface area contributed by atoms with E-state index in [1.165, 1.54) is 14.1 Å². The predicted molar refractivity (Wildman–Crippen MR) is 110 cm³/mol. The van der Waals surface area contributed by atoms with Crippen molar-refractivity contribution in [2.45, 2.75) is 5.92 Å². The molecule has 3 rings (SSSR count). The third-order valence-corrected chi connectivity index (χ3v) is 6.25. The number of nitrogens with one attached hydrogen (secondary N) is 2. The summed E-state index contributed by atoms with van der Waals surface area (Å²) in [6.07, 6.45) is 1.91. The standard InChI is InChI=1S/C20H25N3O4S/c1-23(2)28(24,25)22-13-17(15-9-7-11-19(26-3)20(15)27-4)16-12-21-18-10-6-5-8-14(16)18/h5-12,17,21-22H,13H2,1-4H3/t17-/m1/s1. The molecule has 0 aliphatic rings. The number of hydrogen-bond donors (Lipinski definition) is 2. The summed E-state index contributed by atoms with van der Waals surface area (Å²) < 4.78 is 39.5. The molecule has 3 aromatic rings. The van der Waals surface area contributed by atoms with Crippen LogP contribution < -0.4 is 14.2 Å². The number of aromatic amines is 1. The first kappa shape index (κ1) is 20.2. The van der Waals surface area contributed by atoms with Gasteiger partial charge in [0, 0.05) is 49.2 Å². The molecule has 0 fully saturated rings. The van der Waals surface area contributed by atoms with Gasteiger partial charge in [0.15, 0.2) is 11.5 Å². The molecule has 1 aromatic heterocycles. The SMILES string of the molecule is COc1cccc([C@@H](CNS(=O)(=O)N(C)C)c2c[nH]c3ccccc23)c1OC. The van der Waals surface area contributed by atoms with E-state index in [0.717, 1.165) is 26.3 Å². The van der Waals surface area contributed by atoms with Crippen LogP contribution in [0.5, 0.6) is 11.5 Å². The predicted octanol–water partition coefficient (Wildman–Crippen LogP) is 2.71. The quantitative estimate of drug-likeness (QED) is 0.606. The maximum Gasteiger partial charge on any atom is 0.278 e. The number of aromatic nitrogens is 1. The Morgan fingerprint density at radius 3 is 2.46 bits per heavy atom. The third kappa shape index (κ3) is 3.84. The van der Waals surface area contributed by atoms with Crippen LogP contribution in [-0.4, -0.2) is 52.6 Å². The average Bonchev–Trinajstić information content (AvgIpc) is 3.11. The van der Waals surface area contributed by atoms with E-state index >= 15 is 0 Å². The first-order chi connectivity index (χ1) is 13.4. The van der Waals surface area contributed by atoms with Gasteiger partial charge in [0.05, 0.1) is 14.2 Å². The highest BCUT2D eigenvalue weighted by Gasteiger charge is 2.25. The molecular weight excluding hydrogens is 378 g/mol. The van der Waals surface area contributed by atoms with Crippen molar-refractivity contribution in [3.05, 3.63) is 59.8 Å². The lowest BCUT2D eigenvalue weighted by molar-refractivity contribution is 0.350. The molecule has 1 atom stereocenters. The Balaban J connectivity index is 2.13. The first-order valence-corrected chi connectivity index (χ1v) is 10.3. The normalized spacial score (nSPS) is 13.0. The van der Waals surface area contributed by atoms with Crippen LogP contribution in [0.3, 0.4) is 0 Å².